The van der Waals surface area contributed by atoms with E-state index in [2.05, 4.69) is 22.0 Å². The molecule has 0 saturated heterocycles. The Hall–Kier alpha value is -0.310. The number of rotatable bonds is 2. The van der Waals surface area contributed by atoms with E-state index in [-0.39, 0.29) is 6.10 Å². The van der Waals surface area contributed by atoms with E-state index in [0.29, 0.717) is 12.4 Å². The van der Waals surface area contributed by atoms with Crippen LogP contribution in [0, 0.1) is 11.8 Å². The lowest BCUT2D eigenvalue weighted by molar-refractivity contribution is -0.134. The second-order valence-corrected chi connectivity index (χ2v) is 4.61. The molecule has 0 N–H and O–H groups in total. The van der Waals surface area contributed by atoms with E-state index in [1.807, 2.05) is 0 Å². The second kappa shape index (κ2) is 3.21. The van der Waals surface area contributed by atoms with Gasteiger partial charge in [-0.05, 0) is 29.7 Å². The monoisotopic (exact) mass is 230 g/mol. The van der Waals surface area contributed by atoms with Crippen LogP contribution >= 0.6 is 15.9 Å². The van der Waals surface area contributed by atoms with E-state index in [9.17, 15) is 4.79 Å². The quantitative estimate of drug-likeness (QED) is 0.681. The summed E-state index contributed by atoms with van der Waals surface area (Å²) in [5, 5.41) is 0. The van der Waals surface area contributed by atoms with Crippen molar-refractivity contribution in [2.45, 2.75) is 25.4 Å². The number of hydrogen-bond acceptors (Lipinski definition) is 2. The molecule has 0 radical (unpaired) electrons. The fourth-order valence-electron chi connectivity index (χ4n) is 2.28. The molecule has 0 aliphatic heterocycles. The van der Waals surface area contributed by atoms with Gasteiger partial charge in [-0.15, -0.1) is 0 Å². The number of hydrogen-bond donors (Lipinski definition) is 0. The van der Waals surface area contributed by atoms with Gasteiger partial charge in [0.1, 0.15) is 6.10 Å². The molecule has 66 valence electrons. The lowest BCUT2D eigenvalue weighted by Gasteiger charge is -2.16. The Kier molecular flexibility index (Phi) is 2.22. The van der Waals surface area contributed by atoms with Crippen LogP contribution in [0.4, 0.5) is 0 Å². The fraction of sp³-hybridized carbons (Fsp3) is 0.667. The molecule has 2 aliphatic carbocycles. The summed E-state index contributed by atoms with van der Waals surface area (Å²) >= 11 is 3.50. The van der Waals surface area contributed by atoms with E-state index >= 15 is 0 Å². The van der Waals surface area contributed by atoms with Gasteiger partial charge in [0.15, 0.2) is 0 Å². The molecule has 0 amide bonds. The van der Waals surface area contributed by atoms with Gasteiger partial charge >= 0.3 is 0 Å². The summed E-state index contributed by atoms with van der Waals surface area (Å²) in [5.41, 5.74) is 0. The molecule has 1 saturated carbocycles. The van der Waals surface area contributed by atoms with Crippen LogP contribution in [0.15, 0.2) is 10.6 Å². The number of allylic oxidation sites excluding steroid dienone is 1. The molecular formula is C9H11BrO2. The largest absolute Gasteiger partial charge is 0.464 e. The van der Waals surface area contributed by atoms with Crippen molar-refractivity contribution < 1.29 is 9.53 Å². The first-order valence-electron chi connectivity index (χ1n) is 4.25. The van der Waals surface area contributed by atoms with Gasteiger partial charge in [0.05, 0.1) is 0 Å². The molecule has 0 aromatic heterocycles. The Labute approximate surface area is 80.1 Å². The molecule has 3 atom stereocenters. The predicted octanol–water partition coefficient (Wildman–Crippen LogP) is 2.24. The number of halogens is 1. The highest BCUT2D eigenvalue weighted by atomic mass is 79.9. The van der Waals surface area contributed by atoms with E-state index in [1.54, 1.807) is 0 Å². The van der Waals surface area contributed by atoms with Gasteiger partial charge in [-0.2, -0.15) is 0 Å². The lowest BCUT2D eigenvalue weighted by atomic mass is 9.95. The van der Waals surface area contributed by atoms with Crippen molar-refractivity contribution in [1.82, 2.24) is 0 Å². The summed E-state index contributed by atoms with van der Waals surface area (Å²) < 4.78 is 6.30. The fourth-order valence-corrected chi connectivity index (χ4v) is 3.08. The highest BCUT2D eigenvalue weighted by molar-refractivity contribution is 9.11. The smallest absolute Gasteiger partial charge is 0.293 e. The highest BCUT2D eigenvalue weighted by Gasteiger charge is 2.37. The minimum atomic E-state index is 0.141. The predicted molar refractivity (Wildman–Crippen MR) is 48.8 cm³/mol. The van der Waals surface area contributed by atoms with Crippen molar-refractivity contribution in [3.8, 4) is 0 Å². The Morgan fingerprint density at radius 1 is 1.58 bits per heavy atom. The molecular weight excluding hydrogens is 220 g/mol. The standard InChI is InChI=1S/C9H11BrO2/c10-8-2-6-1-7(4-8)9(3-6)12-5-11/h4-7,9H,1-3H2. The summed E-state index contributed by atoms with van der Waals surface area (Å²) in [6, 6.07) is 0. The second-order valence-electron chi connectivity index (χ2n) is 3.59. The minimum Gasteiger partial charge on any atom is -0.464 e. The normalized spacial score (nSPS) is 39.1. The molecule has 2 bridgehead atoms. The van der Waals surface area contributed by atoms with Gasteiger partial charge in [0.25, 0.3) is 6.47 Å². The molecule has 12 heavy (non-hydrogen) atoms. The van der Waals surface area contributed by atoms with Gasteiger partial charge in [-0.1, -0.05) is 22.0 Å². The molecule has 0 aromatic carbocycles. The van der Waals surface area contributed by atoms with E-state index in [1.165, 1.54) is 10.9 Å². The van der Waals surface area contributed by atoms with Gasteiger partial charge < -0.3 is 4.74 Å². The molecule has 2 aliphatic rings. The van der Waals surface area contributed by atoms with Crippen LogP contribution in [-0.2, 0) is 9.53 Å². The van der Waals surface area contributed by atoms with Crippen molar-refractivity contribution in [1.29, 1.82) is 0 Å². The third-order valence-electron chi connectivity index (χ3n) is 2.76. The van der Waals surface area contributed by atoms with Crippen molar-refractivity contribution in [2.24, 2.45) is 11.8 Å². The van der Waals surface area contributed by atoms with Crippen LogP contribution in [-0.4, -0.2) is 12.6 Å². The zero-order chi connectivity index (χ0) is 8.55. The maximum Gasteiger partial charge on any atom is 0.293 e. The van der Waals surface area contributed by atoms with Gasteiger partial charge in [-0.3, -0.25) is 4.79 Å². The molecule has 0 heterocycles. The number of carbonyl (C=O) groups excluding carboxylic acids is 1. The van der Waals surface area contributed by atoms with Crippen molar-refractivity contribution >= 4 is 22.4 Å². The van der Waals surface area contributed by atoms with E-state index < -0.39 is 0 Å². The molecule has 2 nitrogen and oxygen atoms in total. The highest BCUT2D eigenvalue weighted by Crippen LogP contribution is 2.43. The van der Waals surface area contributed by atoms with Gasteiger partial charge in [-0.25, -0.2) is 0 Å². The first-order valence-corrected chi connectivity index (χ1v) is 5.04. The summed E-state index contributed by atoms with van der Waals surface area (Å²) in [5.74, 6) is 1.18. The third kappa shape index (κ3) is 1.42. The summed E-state index contributed by atoms with van der Waals surface area (Å²) in [7, 11) is 0. The van der Waals surface area contributed by atoms with Gasteiger partial charge in [0, 0.05) is 5.92 Å². The Bertz CT molecular complexity index is 225. The van der Waals surface area contributed by atoms with Crippen molar-refractivity contribution in [2.75, 3.05) is 0 Å². The topological polar surface area (TPSA) is 26.3 Å². The van der Waals surface area contributed by atoms with Crippen LogP contribution in [0.5, 0.6) is 0 Å². The first-order chi connectivity index (χ1) is 5.79. The number of fused-ring (bicyclic) bond motifs is 2. The number of ether oxygens (including phenoxy) is 1. The van der Waals surface area contributed by atoms with Gasteiger partial charge in [0.2, 0.25) is 0 Å². The van der Waals surface area contributed by atoms with Crippen LogP contribution in [0.1, 0.15) is 19.3 Å². The lowest BCUT2D eigenvalue weighted by Crippen LogP contribution is -2.15. The minimum absolute atomic E-state index is 0.141. The van der Waals surface area contributed by atoms with E-state index in [0.717, 1.165) is 18.8 Å². The molecule has 0 aromatic rings. The Balaban J connectivity index is 2.09. The Morgan fingerprint density at radius 3 is 3.17 bits per heavy atom. The summed E-state index contributed by atoms with van der Waals surface area (Å²) in [4.78, 5) is 10.2. The maximum atomic E-state index is 10.2. The molecule has 0 spiro atoms. The molecule has 3 unspecified atom stereocenters. The maximum absolute atomic E-state index is 10.2. The molecule has 2 rings (SSSR count). The first kappa shape index (κ1) is 8.30. The average molecular weight is 231 g/mol. The van der Waals surface area contributed by atoms with Crippen LogP contribution in [0.2, 0.25) is 0 Å². The van der Waals surface area contributed by atoms with Crippen molar-refractivity contribution in [3.05, 3.63) is 10.6 Å². The summed E-state index contributed by atoms with van der Waals surface area (Å²) in [6.45, 7) is 0.576. The SMILES string of the molecule is O=COC1CC2CC(Br)=CC1C2. The average Bonchev–Trinajstić information content (AvgIpc) is 2.28. The van der Waals surface area contributed by atoms with E-state index in [4.69, 9.17) is 4.74 Å². The molecule has 1 fully saturated rings. The Morgan fingerprint density at radius 2 is 2.42 bits per heavy atom. The van der Waals surface area contributed by atoms with Crippen LogP contribution < -0.4 is 0 Å². The molecule has 3 heteroatoms. The zero-order valence-electron chi connectivity index (χ0n) is 6.70. The zero-order valence-corrected chi connectivity index (χ0v) is 8.29. The van der Waals surface area contributed by atoms with Crippen LogP contribution in [0.3, 0.4) is 0 Å². The number of carbonyl (C=O) groups is 1. The summed E-state index contributed by atoms with van der Waals surface area (Å²) in [6.07, 6.45) is 5.68. The van der Waals surface area contributed by atoms with Crippen molar-refractivity contribution in [3.63, 3.8) is 0 Å². The third-order valence-corrected chi connectivity index (χ3v) is 3.35. The van der Waals surface area contributed by atoms with Crippen LogP contribution in [0.25, 0.3) is 0 Å².